The summed E-state index contributed by atoms with van der Waals surface area (Å²) in [5.74, 6) is 0.639. The van der Waals surface area contributed by atoms with Gasteiger partial charge in [0.2, 0.25) is 5.88 Å². The predicted octanol–water partition coefficient (Wildman–Crippen LogP) is 0.702. The van der Waals surface area contributed by atoms with Crippen molar-refractivity contribution in [3.8, 4) is 5.88 Å². The third-order valence-electron chi connectivity index (χ3n) is 2.74. The van der Waals surface area contributed by atoms with Crippen molar-refractivity contribution in [1.82, 2.24) is 20.2 Å². The first-order chi connectivity index (χ1) is 7.90. The molecule has 96 valence electrons. The second-order valence-corrected chi connectivity index (χ2v) is 3.89. The van der Waals surface area contributed by atoms with Crippen LogP contribution in [0.4, 0.5) is 0 Å². The summed E-state index contributed by atoms with van der Waals surface area (Å²) in [7, 11) is 1.64. The van der Waals surface area contributed by atoms with Gasteiger partial charge in [-0.2, -0.15) is 0 Å². The summed E-state index contributed by atoms with van der Waals surface area (Å²) in [5.41, 5.74) is 0.923. The van der Waals surface area contributed by atoms with Gasteiger partial charge in [0.1, 0.15) is 5.69 Å². The van der Waals surface area contributed by atoms with E-state index in [0.29, 0.717) is 5.88 Å². The van der Waals surface area contributed by atoms with Crippen molar-refractivity contribution in [2.24, 2.45) is 0 Å². The van der Waals surface area contributed by atoms with Gasteiger partial charge in [0, 0.05) is 32.0 Å². The normalized spacial score (nSPS) is 17.0. The van der Waals surface area contributed by atoms with E-state index in [2.05, 4.69) is 20.2 Å². The van der Waals surface area contributed by atoms with Gasteiger partial charge in [-0.3, -0.25) is 9.88 Å². The van der Waals surface area contributed by atoms with Crippen molar-refractivity contribution in [1.29, 1.82) is 0 Å². The second-order valence-electron chi connectivity index (χ2n) is 3.89. The number of methoxy groups -OCH3 is 1. The van der Waals surface area contributed by atoms with E-state index in [1.165, 1.54) is 6.42 Å². The summed E-state index contributed by atoms with van der Waals surface area (Å²) in [6.07, 6.45) is 4.56. The fraction of sp³-hybridized carbons (Fsp3) is 0.636. The number of hydrogen-bond donors (Lipinski definition) is 1. The monoisotopic (exact) mass is 258 g/mol. The van der Waals surface area contributed by atoms with E-state index < -0.39 is 0 Å². The van der Waals surface area contributed by atoms with Crippen molar-refractivity contribution in [3.63, 3.8) is 0 Å². The zero-order chi connectivity index (χ0) is 11.2. The molecule has 0 amide bonds. The Hall–Kier alpha value is -0.910. The fourth-order valence-corrected chi connectivity index (χ4v) is 1.90. The average molecular weight is 259 g/mol. The molecule has 1 aromatic heterocycles. The number of nitrogens with one attached hydrogen (secondary N) is 1. The van der Waals surface area contributed by atoms with Crippen molar-refractivity contribution in [2.75, 3.05) is 33.3 Å². The van der Waals surface area contributed by atoms with Crippen LogP contribution < -0.4 is 10.1 Å². The minimum atomic E-state index is 0. The molecule has 17 heavy (non-hydrogen) atoms. The van der Waals surface area contributed by atoms with Crippen molar-refractivity contribution in [3.05, 3.63) is 18.1 Å². The second kappa shape index (κ2) is 7.42. The van der Waals surface area contributed by atoms with Crippen LogP contribution in [0.2, 0.25) is 0 Å². The Bertz CT molecular complexity index is 329. The van der Waals surface area contributed by atoms with Crippen LogP contribution in [0.1, 0.15) is 12.1 Å². The standard InChI is InChI=1S/C11H18N4O.ClH/c1-16-11-10(13-4-5-14-11)9-15-7-2-3-12-6-8-15;/h4-5,12H,2-3,6-9H2,1H3;1H. The highest BCUT2D eigenvalue weighted by Gasteiger charge is 2.13. The van der Waals surface area contributed by atoms with Gasteiger partial charge in [0.25, 0.3) is 0 Å². The van der Waals surface area contributed by atoms with Gasteiger partial charge in [-0.25, -0.2) is 4.98 Å². The molecule has 0 atom stereocenters. The molecule has 2 heterocycles. The summed E-state index contributed by atoms with van der Waals surface area (Å²) >= 11 is 0. The van der Waals surface area contributed by atoms with Crippen LogP contribution in [0, 0.1) is 0 Å². The molecule has 2 rings (SSSR count). The molecule has 0 saturated carbocycles. The lowest BCUT2D eigenvalue weighted by molar-refractivity contribution is 0.272. The summed E-state index contributed by atoms with van der Waals surface area (Å²) in [6, 6.07) is 0. The fourth-order valence-electron chi connectivity index (χ4n) is 1.90. The van der Waals surface area contributed by atoms with Crippen LogP contribution in [-0.4, -0.2) is 48.2 Å². The van der Waals surface area contributed by atoms with Gasteiger partial charge < -0.3 is 10.1 Å². The Morgan fingerprint density at radius 2 is 2.12 bits per heavy atom. The molecule has 1 aliphatic heterocycles. The number of hydrogen-bond acceptors (Lipinski definition) is 5. The molecule has 6 heteroatoms. The molecule has 0 aliphatic carbocycles. The highest BCUT2D eigenvalue weighted by Crippen LogP contribution is 2.13. The lowest BCUT2D eigenvalue weighted by Crippen LogP contribution is -2.28. The number of aromatic nitrogens is 2. The molecule has 1 aliphatic rings. The SMILES string of the molecule is COc1nccnc1CN1CCCNCC1.Cl. The van der Waals surface area contributed by atoms with Crippen molar-refractivity contribution < 1.29 is 4.74 Å². The van der Waals surface area contributed by atoms with Gasteiger partial charge in [-0.05, 0) is 19.5 Å². The van der Waals surface area contributed by atoms with Gasteiger partial charge in [0.15, 0.2) is 0 Å². The highest BCUT2D eigenvalue weighted by atomic mass is 35.5. The molecule has 1 aromatic rings. The first-order valence-corrected chi connectivity index (χ1v) is 5.67. The van der Waals surface area contributed by atoms with Crippen LogP contribution in [0.3, 0.4) is 0 Å². The van der Waals surface area contributed by atoms with Crippen LogP contribution in [0.25, 0.3) is 0 Å². The summed E-state index contributed by atoms with van der Waals surface area (Å²) in [6.45, 7) is 5.13. The van der Waals surface area contributed by atoms with E-state index in [0.717, 1.165) is 38.4 Å². The molecule has 1 N–H and O–H groups in total. The lowest BCUT2D eigenvalue weighted by atomic mass is 10.3. The lowest BCUT2D eigenvalue weighted by Gasteiger charge is -2.19. The van der Waals surface area contributed by atoms with E-state index in [9.17, 15) is 0 Å². The average Bonchev–Trinajstić information content (AvgIpc) is 2.58. The molecule has 0 unspecified atom stereocenters. The zero-order valence-electron chi connectivity index (χ0n) is 10.1. The number of halogens is 1. The number of rotatable bonds is 3. The summed E-state index contributed by atoms with van der Waals surface area (Å²) in [5, 5.41) is 3.38. The third-order valence-corrected chi connectivity index (χ3v) is 2.74. The Morgan fingerprint density at radius 1 is 1.29 bits per heavy atom. The van der Waals surface area contributed by atoms with Crippen molar-refractivity contribution >= 4 is 12.4 Å². The Kier molecular flexibility index (Phi) is 6.18. The van der Waals surface area contributed by atoms with Crippen LogP contribution in [0.5, 0.6) is 5.88 Å². The van der Waals surface area contributed by atoms with E-state index in [1.54, 1.807) is 19.5 Å². The largest absolute Gasteiger partial charge is 0.480 e. The maximum absolute atomic E-state index is 5.20. The van der Waals surface area contributed by atoms with E-state index in [1.807, 2.05) is 0 Å². The predicted molar refractivity (Wildman–Crippen MR) is 68.6 cm³/mol. The van der Waals surface area contributed by atoms with Crippen molar-refractivity contribution in [2.45, 2.75) is 13.0 Å². The topological polar surface area (TPSA) is 50.3 Å². The van der Waals surface area contributed by atoms with Gasteiger partial charge >= 0.3 is 0 Å². The molecule has 1 saturated heterocycles. The van der Waals surface area contributed by atoms with E-state index >= 15 is 0 Å². The van der Waals surface area contributed by atoms with Crippen LogP contribution >= 0.6 is 12.4 Å². The van der Waals surface area contributed by atoms with E-state index in [-0.39, 0.29) is 12.4 Å². The van der Waals surface area contributed by atoms with E-state index in [4.69, 9.17) is 4.74 Å². The highest BCUT2D eigenvalue weighted by molar-refractivity contribution is 5.85. The molecule has 0 spiro atoms. The first-order valence-electron chi connectivity index (χ1n) is 5.67. The van der Waals surface area contributed by atoms with Gasteiger partial charge in [-0.1, -0.05) is 0 Å². The van der Waals surface area contributed by atoms with Gasteiger partial charge in [-0.15, -0.1) is 12.4 Å². The molecular weight excluding hydrogens is 240 g/mol. The smallest absolute Gasteiger partial charge is 0.236 e. The molecule has 5 nitrogen and oxygen atoms in total. The van der Waals surface area contributed by atoms with Crippen LogP contribution in [-0.2, 0) is 6.54 Å². The number of ether oxygens (including phenoxy) is 1. The third kappa shape index (κ3) is 4.11. The quantitative estimate of drug-likeness (QED) is 0.865. The zero-order valence-corrected chi connectivity index (χ0v) is 10.9. The first kappa shape index (κ1) is 14.2. The molecule has 0 aromatic carbocycles. The number of nitrogens with zero attached hydrogens (tertiary/aromatic N) is 3. The summed E-state index contributed by atoms with van der Waals surface area (Å²) < 4.78 is 5.20. The summed E-state index contributed by atoms with van der Waals surface area (Å²) in [4.78, 5) is 10.9. The minimum absolute atomic E-state index is 0. The maximum atomic E-state index is 5.20. The Morgan fingerprint density at radius 3 is 2.94 bits per heavy atom. The minimum Gasteiger partial charge on any atom is -0.480 e. The van der Waals surface area contributed by atoms with Crippen LogP contribution in [0.15, 0.2) is 12.4 Å². The Labute approximate surface area is 108 Å². The molecule has 1 fully saturated rings. The van der Waals surface area contributed by atoms with Gasteiger partial charge in [0.05, 0.1) is 7.11 Å². The molecular formula is C11H19ClN4O. The molecule has 0 bridgehead atoms. The Balaban J connectivity index is 0.00000144. The maximum Gasteiger partial charge on any atom is 0.236 e. The molecule has 0 radical (unpaired) electrons.